The van der Waals surface area contributed by atoms with E-state index in [4.69, 9.17) is 0 Å². The molecular weight excluding hydrogens is 392 g/mol. The van der Waals surface area contributed by atoms with Crippen molar-refractivity contribution >= 4 is 5.91 Å². The van der Waals surface area contributed by atoms with Gasteiger partial charge in [-0.25, -0.2) is 0 Å². The van der Waals surface area contributed by atoms with E-state index in [2.05, 4.69) is 109 Å². The molecule has 168 valence electrons. The lowest BCUT2D eigenvalue weighted by molar-refractivity contribution is -0.118. The zero-order valence-corrected chi connectivity index (χ0v) is 19.4. The zero-order chi connectivity index (χ0) is 22.7. The van der Waals surface area contributed by atoms with Crippen LogP contribution in [0, 0.1) is 0 Å². The van der Waals surface area contributed by atoms with E-state index in [0.717, 1.165) is 32.2 Å². The minimum absolute atomic E-state index is 0.0362. The molecule has 32 heavy (non-hydrogen) atoms. The van der Waals surface area contributed by atoms with Crippen LogP contribution >= 0.6 is 0 Å². The molecule has 3 aromatic carbocycles. The molecule has 0 spiro atoms. The van der Waals surface area contributed by atoms with Crippen LogP contribution in [-0.2, 0) is 10.2 Å². The number of benzene rings is 3. The highest BCUT2D eigenvalue weighted by atomic mass is 16.1. The summed E-state index contributed by atoms with van der Waals surface area (Å²) in [5.74, 6) is 0.0362. The fourth-order valence-corrected chi connectivity index (χ4v) is 4.61. The predicted molar refractivity (Wildman–Crippen MR) is 134 cm³/mol. The van der Waals surface area contributed by atoms with Crippen molar-refractivity contribution in [3.05, 3.63) is 108 Å². The van der Waals surface area contributed by atoms with Crippen molar-refractivity contribution in [3.63, 3.8) is 0 Å². The van der Waals surface area contributed by atoms with Gasteiger partial charge in [0.15, 0.2) is 0 Å². The van der Waals surface area contributed by atoms with E-state index in [-0.39, 0.29) is 11.3 Å². The standard InChI is InChI=1S/C29H36N2O/c1-24(26-14-6-3-7-15-26)30-22-12-20-29(21-13-23-31-25(2)32,27-16-8-4-9-17-27)28-18-10-5-11-19-28/h3-11,14-19,24,30H,12-13,20-23H2,1-2H3,(H,31,32). The molecule has 1 amide bonds. The third kappa shape index (κ3) is 6.54. The summed E-state index contributed by atoms with van der Waals surface area (Å²) in [5.41, 5.74) is 3.95. The van der Waals surface area contributed by atoms with Crippen LogP contribution in [0.1, 0.15) is 62.3 Å². The lowest BCUT2D eigenvalue weighted by Crippen LogP contribution is -2.31. The number of hydrogen-bond acceptors (Lipinski definition) is 2. The average molecular weight is 429 g/mol. The van der Waals surface area contributed by atoms with Crippen LogP contribution < -0.4 is 10.6 Å². The van der Waals surface area contributed by atoms with Crippen molar-refractivity contribution < 1.29 is 4.79 Å². The summed E-state index contributed by atoms with van der Waals surface area (Å²) >= 11 is 0. The number of rotatable bonds is 12. The van der Waals surface area contributed by atoms with E-state index in [1.165, 1.54) is 16.7 Å². The molecular formula is C29H36N2O. The molecule has 0 radical (unpaired) electrons. The SMILES string of the molecule is CC(=O)NCCCC(CCCNC(C)c1ccccc1)(c1ccccc1)c1ccccc1. The third-order valence-electron chi connectivity index (χ3n) is 6.34. The van der Waals surface area contributed by atoms with Gasteiger partial charge < -0.3 is 10.6 Å². The second-order valence-electron chi connectivity index (χ2n) is 8.59. The fourth-order valence-electron chi connectivity index (χ4n) is 4.61. The lowest BCUT2D eigenvalue weighted by atomic mass is 9.68. The molecule has 0 aliphatic heterocycles. The van der Waals surface area contributed by atoms with E-state index >= 15 is 0 Å². The average Bonchev–Trinajstić information content (AvgIpc) is 2.84. The van der Waals surface area contributed by atoms with Gasteiger partial charge in [-0.2, -0.15) is 0 Å². The topological polar surface area (TPSA) is 41.1 Å². The van der Waals surface area contributed by atoms with Gasteiger partial charge in [0.25, 0.3) is 0 Å². The Kier molecular flexibility index (Phi) is 9.06. The van der Waals surface area contributed by atoms with Gasteiger partial charge in [-0.3, -0.25) is 4.79 Å². The fraction of sp³-hybridized carbons (Fsp3) is 0.345. The Hall–Kier alpha value is -2.91. The molecule has 3 nitrogen and oxygen atoms in total. The molecule has 0 aliphatic carbocycles. The van der Waals surface area contributed by atoms with Gasteiger partial charge in [-0.1, -0.05) is 91.0 Å². The molecule has 0 heterocycles. The second-order valence-corrected chi connectivity index (χ2v) is 8.59. The molecule has 0 aliphatic rings. The molecule has 1 atom stereocenters. The van der Waals surface area contributed by atoms with Crippen molar-refractivity contribution in [1.29, 1.82) is 0 Å². The van der Waals surface area contributed by atoms with E-state index in [0.29, 0.717) is 12.6 Å². The van der Waals surface area contributed by atoms with Crippen molar-refractivity contribution in [3.8, 4) is 0 Å². The maximum atomic E-state index is 11.4. The van der Waals surface area contributed by atoms with Gasteiger partial charge in [0.05, 0.1) is 0 Å². The Morgan fingerprint density at radius 3 is 1.72 bits per heavy atom. The van der Waals surface area contributed by atoms with Crippen molar-refractivity contribution in [2.75, 3.05) is 13.1 Å². The highest BCUT2D eigenvalue weighted by Gasteiger charge is 2.33. The molecule has 3 heteroatoms. The van der Waals surface area contributed by atoms with Gasteiger partial charge in [0.2, 0.25) is 5.91 Å². The van der Waals surface area contributed by atoms with Gasteiger partial charge >= 0.3 is 0 Å². The Morgan fingerprint density at radius 1 is 0.750 bits per heavy atom. The quantitative estimate of drug-likeness (QED) is 0.346. The molecule has 1 unspecified atom stereocenters. The van der Waals surface area contributed by atoms with Crippen LogP contribution in [0.5, 0.6) is 0 Å². The molecule has 3 aromatic rings. The molecule has 3 rings (SSSR count). The summed E-state index contributed by atoms with van der Waals surface area (Å²) < 4.78 is 0. The van der Waals surface area contributed by atoms with Gasteiger partial charge in [0.1, 0.15) is 0 Å². The van der Waals surface area contributed by atoms with E-state index in [1.807, 2.05) is 0 Å². The number of amides is 1. The first-order valence-corrected chi connectivity index (χ1v) is 11.8. The lowest BCUT2D eigenvalue weighted by Gasteiger charge is -2.36. The molecule has 0 saturated heterocycles. The first-order chi connectivity index (χ1) is 15.6. The second kappa shape index (κ2) is 12.2. The number of carbonyl (C=O) groups is 1. The highest BCUT2D eigenvalue weighted by Crippen LogP contribution is 2.40. The van der Waals surface area contributed by atoms with Gasteiger partial charge in [0, 0.05) is 24.9 Å². The summed E-state index contributed by atoms with van der Waals surface area (Å²) in [5, 5.41) is 6.67. The minimum atomic E-state index is -0.0708. The first kappa shape index (κ1) is 23.7. The largest absolute Gasteiger partial charge is 0.356 e. The van der Waals surface area contributed by atoms with E-state index in [1.54, 1.807) is 6.92 Å². The minimum Gasteiger partial charge on any atom is -0.356 e. The third-order valence-corrected chi connectivity index (χ3v) is 6.34. The summed E-state index contributed by atoms with van der Waals surface area (Å²) in [6, 6.07) is 32.7. The van der Waals surface area contributed by atoms with Crippen LogP contribution in [0.15, 0.2) is 91.0 Å². The van der Waals surface area contributed by atoms with Crippen molar-refractivity contribution in [1.82, 2.24) is 10.6 Å². The Balaban J connectivity index is 1.76. The van der Waals surface area contributed by atoms with Crippen LogP contribution in [0.4, 0.5) is 0 Å². The van der Waals surface area contributed by atoms with Crippen molar-refractivity contribution in [2.24, 2.45) is 0 Å². The summed E-state index contributed by atoms with van der Waals surface area (Å²) in [4.78, 5) is 11.4. The van der Waals surface area contributed by atoms with Crippen LogP contribution in [-0.4, -0.2) is 19.0 Å². The first-order valence-electron chi connectivity index (χ1n) is 11.8. The zero-order valence-electron chi connectivity index (χ0n) is 19.4. The number of nitrogens with one attached hydrogen (secondary N) is 2. The van der Waals surface area contributed by atoms with Crippen LogP contribution in [0.2, 0.25) is 0 Å². The van der Waals surface area contributed by atoms with E-state index < -0.39 is 0 Å². The van der Waals surface area contributed by atoms with Crippen LogP contribution in [0.3, 0.4) is 0 Å². The Labute approximate surface area is 193 Å². The van der Waals surface area contributed by atoms with Gasteiger partial charge in [-0.05, 0) is 55.8 Å². The summed E-state index contributed by atoms with van der Waals surface area (Å²) in [6.45, 7) is 5.48. The predicted octanol–water partition coefficient (Wildman–Crippen LogP) is 6.02. The highest BCUT2D eigenvalue weighted by molar-refractivity contribution is 5.72. The summed E-state index contributed by atoms with van der Waals surface area (Å²) in [7, 11) is 0. The van der Waals surface area contributed by atoms with Gasteiger partial charge in [-0.15, -0.1) is 0 Å². The molecule has 0 aromatic heterocycles. The molecule has 0 saturated carbocycles. The maximum absolute atomic E-state index is 11.4. The molecule has 0 bridgehead atoms. The summed E-state index contributed by atoms with van der Waals surface area (Å²) in [6.07, 6.45) is 4.06. The number of carbonyl (C=O) groups excluding carboxylic acids is 1. The molecule has 2 N–H and O–H groups in total. The van der Waals surface area contributed by atoms with Crippen LogP contribution in [0.25, 0.3) is 0 Å². The Morgan fingerprint density at radius 2 is 1.22 bits per heavy atom. The Bertz CT molecular complexity index is 886. The van der Waals surface area contributed by atoms with E-state index in [9.17, 15) is 4.79 Å². The maximum Gasteiger partial charge on any atom is 0.216 e. The number of hydrogen-bond donors (Lipinski definition) is 2. The monoisotopic (exact) mass is 428 g/mol. The molecule has 0 fully saturated rings. The smallest absolute Gasteiger partial charge is 0.216 e. The normalized spacial score (nSPS) is 12.3. The van der Waals surface area contributed by atoms with Crippen molar-refractivity contribution in [2.45, 2.75) is 51.0 Å².